The zero-order chi connectivity index (χ0) is 28.9. The highest BCUT2D eigenvalue weighted by atomic mass is 19.4. The number of halogens is 3. The number of nitriles is 1. The van der Waals surface area contributed by atoms with E-state index in [1.54, 1.807) is 6.07 Å². The quantitative estimate of drug-likeness (QED) is 0.252. The van der Waals surface area contributed by atoms with Gasteiger partial charge in [-0.3, -0.25) is 19.2 Å². The van der Waals surface area contributed by atoms with E-state index in [1.165, 1.54) is 14.0 Å². The molecule has 5 atom stereocenters. The first kappa shape index (κ1) is 30.4. The van der Waals surface area contributed by atoms with E-state index in [1.807, 2.05) is 0 Å². The van der Waals surface area contributed by atoms with Crippen LogP contribution in [0.25, 0.3) is 0 Å². The van der Waals surface area contributed by atoms with Crippen molar-refractivity contribution < 1.29 is 51.7 Å². The Balaban J connectivity index is 2.59. The number of ether oxygens (including phenoxy) is 2. The van der Waals surface area contributed by atoms with Gasteiger partial charge < -0.3 is 30.8 Å². The number of rotatable bonds is 12. The largest absolute Gasteiger partial charge is 0.573 e. The number of aromatic hydroxyl groups is 1. The number of ketones is 3. The number of carbonyl (C=O) groups is 5. The van der Waals surface area contributed by atoms with Gasteiger partial charge in [0.1, 0.15) is 23.9 Å². The first-order chi connectivity index (χ1) is 17.7. The molecule has 11 nitrogen and oxygen atoms in total. The maximum atomic E-state index is 13.5. The summed E-state index contributed by atoms with van der Waals surface area (Å²) in [5.41, 5.74) is 9.60. The lowest BCUT2D eigenvalue weighted by Gasteiger charge is -2.34. The van der Waals surface area contributed by atoms with Crippen molar-refractivity contribution in [2.75, 3.05) is 7.11 Å². The van der Waals surface area contributed by atoms with Gasteiger partial charge in [-0.15, -0.1) is 13.2 Å². The first-order valence-electron chi connectivity index (χ1n) is 11.3. The number of benzene rings is 1. The minimum atomic E-state index is -5.21. The third kappa shape index (κ3) is 6.53. The van der Waals surface area contributed by atoms with Crippen molar-refractivity contribution in [1.82, 2.24) is 0 Å². The van der Waals surface area contributed by atoms with Gasteiger partial charge in [0.05, 0.1) is 30.0 Å². The molecule has 206 valence electrons. The van der Waals surface area contributed by atoms with E-state index >= 15 is 0 Å². The van der Waals surface area contributed by atoms with Crippen LogP contribution in [-0.2, 0) is 36.8 Å². The van der Waals surface area contributed by atoms with E-state index in [0.717, 1.165) is 6.07 Å². The topological polar surface area (TPSA) is 200 Å². The zero-order valence-electron chi connectivity index (χ0n) is 20.4. The lowest BCUT2D eigenvalue weighted by atomic mass is 9.69. The van der Waals surface area contributed by atoms with Crippen molar-refractivity contribution in [1.29, 1.82) is 5.26 Å². The van der Waals surface area contributed by atoms with Crippen LogP contribution < -0.4 is 16.2 Å². The predicted octanol–water partition coefficient (Wildman–Crippen LogP) is 0.909. The third-order valence-corrected chi connectivity index (χ3v) is 6.41. The molecular formula is C24H26F3N3O8. The van der Waals surface area contributed by atoms with Crippen molar-refractivity contribution in [2.45, 2.75) is 51.1 Å². The number of alkyl halides is 3. The smallest absolute Gasteiger partial charge is 0.507 e. The average Bonchev–Trinajstić information content (AvgIpc) is 2.83. The number of hydrogen-bond acceptors (Lipinski definition) is 10. The number of hydrogen-bond donors (Lipinski definition) is 3. The number of Topliss-reactive ketones (excluding diaryl/α,β-unsaturated/α-hetero) is 3. The maximum absolute atomic E-state index is 13.5. The molecule has 1 amide bonds. The molecule has 1 aromatic rings. The minimum Gasteiger partial charge on any atom is -0.507 e. The lowest BCUT2D eigenvalue weighted by molar-refractivity contribution is -0.275. The van der Waals surface area contributed by atoms with Gasteiger partial charge in [-0.25, -0.2) is 0 Å². The van der Waals surface area contributed by atoms with Crippen LogP contribution in [-0.4, -0.2) is 60.3 Å². The van der Waals surface area contributed by atoms with E-state index in [-0.39, 0.29) is 30.3 Å². The summed E-state index contributed by atoms with van der Waals surface area (Å²) < 4.78 is 48.9. The lowest BCUT2D eigenvalue weighted by Crippen LogP contribution is -2.44. The summed E-state index contributed by atoms with van der Waals surface area (Å²) in [4.78, 5) is 61.3. The Morgan fingerprint density at radius 2 is 1.97 bits per heavy atom. The van der Waals surface area contributed by atoms with E-state index in [0.29, 0.717) is 0 Å². The van der Waals surface area contributed by atoms with Crippen LogP contribution in [0.3, 0.4) is 0 Å². The van der Waals surface area contributed by atoms with Gasteiger partial charge in [-0.2, -0.15) is 5.26 Å². The number of phenolic OH excluding ortho intramolecular Hbond substituents is 1. The number of phenols is 1. The number of nitrogens with two attached hydrogens (primary N) is 2. The molecule has 0 bridgehead atoms. The zero-order valence-corrected chi connectivity index (χ0v) is 20.4. The number of primary amides is 1. The highest BCUT2D eigenvalue weighted by Crippen LogP contribution is 2.45. The Morgan fingerprint density at radius 3 is 2.47 bits per heavy atom. The van der Waals surface area contributed by atoms with Crippen molar-refractivity contribution >= 4 is 29.5 Å². The Morgan fingerprint density at radius 1 is 1.34 bits per heavy atom. The Hall–Kier alpha value is -3.83. The molecule has 1 aliphatic rings. The highest BCUT2D eigenvalue weighted by molar-refractivity contribution is 6.15. The van der Waals surface area contributed by atoms with Gasteiger partial charge in [0.2, 0.25) is 5.91 Å². The van der Waals surface area contributed by atoms with Crippen LogP contribution in [0.15, 0.2) is 6.07 Å². The second kappa shape index (κ2) is 12.1. The van der Waals surface area contributed by atoms with Crippen LogP contribution in [0.2, 0.25) is 0 Å². The van der Waals surface area contributed by atoms with Gasteiger partial charge in [0.15, 0.2) is 23.3 Å². The minimum absolute atomic E-state index is 0.0256. The summed E-state index contributed by atoms with van der Waals surface area (Å²) in [6.07, 6.45) is -7.74. The molecule has 5 unspecified atom stereocenters. The standard InChI is InChI=1S/C24H26F3N3O8/c1-10(37-2)19(33)17-11(3-4-15(29)20(34)14(9-31)23(30)36)7-13-18(21(17)35)16(32)8-12(5-6-28)22(13)38-24(25,26)27/h8-11,14-15,17,32H,3-5,7,29H2,1-2H3,(H2,30,36). The normalized spacial score (nSPS) is 19.4. The average molecular weight is 541 g/mol. The number of fused-ring (bicyclic) bond motifs is 1. The molecule has 38 heavy (non-hydrogen) atoms. The van der Waals surface area contributed by atoms with Gasteiger partial charge in [-0.05, 0) is 38.2 Å². The van der Waals surface area contributed by atoms with Crippen LogP contribution in [0, 0.1) is 29.1 Å². The highest BCUT2D eigenvalue weighted by Gasteiger charge is 2.46. The predicted molar refractivity (Wildman–Crippen MR) is 122 cm³/mol. The van der Waals surface area contributed by atoms with E-state index < -0.39 is 89.4 Å². The van der Waals surface area contributed by atoms with E-state index in [9.17, 15) is 42.3 Å². The summed E-state index contributed by atoms with van der Waals surface area (Å²) in [6, 6.07) is 1.04. The molecule has 1 aliphatic carbocycles. The number of aldehydes is 1. The van der Waals surface area contributed by atoms with Crippen LogP contribution in [0.4, 0.5) is 13.2 Å². The molecule has 0 aliphatic heterocycles. The Labute approximate surface area is 214 Å². The molecule has 5 N–H and O–H groups in total. The van der Waals surface area contributed by atoms with Crippen molar-refractivity contribution in [3.63, 3.8) is 0 Å². The van der Waals surface area contributed by atoms with Crippen LogP contribution in [0.1, 0.15) is 41.3 Å². The molecule has 0 saturated heterocycles. The number of amides is 1. The van der Waals surface area contributed by atoms with Crippen molar-refractivity contribution in [2.24, 2.45) is 29.2 Å². The summed E-state index contributed by atoms with van der Waals surface area (Å²) in [7, 11) is 1.21. The first-order valence-corrected chi connectivity index (χ1v) is 11.3. The molecule has 0 fully saturated rings. The summed E-state index contributed by atoms with van der Waals surface area (Å²) in [6.45, 7) is 1.35. The van der Waals surface area contributed by atoms with Crippen molar-refractivity contribution in [3.05, 3.63) is 22.8 Å². The SMILES string of the molecule is COC(C)C(=O)C1C(=O)c2c(O)cc(CC#N)c(OC(F)(F)F)c2CC1CCC(N)C(=O)C(C=O)C(N)=O. The monoisotopic (exact) mass is 541 g/mol. The number of nitrogens with zero attached hydrogens (tertiary/aromatic N) is 1. The molecule has 0 aromatic heterocycles. The van der Waals surface area contributed by atoms with Gasteiger partial charge >= 0.3 is 6.36 Å². The Kier molecular flexibility index (Phi) is 9.71. The second-order valence-corrected chi connectivity index (χ2v) is 8.81. The van der Waals surface area contributed by atoms with Gasteiger partial charge in [0.25, 0.3) is 0 Å². The molecule has 0 heterocycles. The number of methoxy groups -OCH3 is 1. The summed E-state index contributed by atoms with van der Waals surface area (Å²) in [5.74, 6) is -9.88. The summed E-state index contributed by atoms with van der Waals surface area (Å²) >= 11 is 0. The molecule has 14 heteroatoms. The fraction of sp³-hybridized carbons (Fsp3) is 0.500. The van der Waals surface area contributed by atoms with E-state index in [2.05, 4.69) is 4.74 Å². The fourth-order valence-electron chi connectivity index (χ4n) is 4.48. The van der Waals surface area contributed by atoms with Crippen LogP contribution >= 0.6 is 0 Å². The van der Waals surface area contributed by atoms with E-state index in [4.69, 9.17) is 21.5 Å². The molecular weight excluding hydrogens is 515 g/mol. The van der Waals surface area contributed by atoms with Crippen molar-refractivity contribution in [3.8, 4) is 17.6 Å². The van der Waals surface area contributed by atoms with Crippen LogP contribution in [0.5, 0.6) is 11.5 Å². The third-order valence-electron chi connectivity index (χ3n) is 6.41. The maximum Gasteiger partial charge on any atom is 0.573 e. The number of carbonyl (C=O) groups excluding carboxylic acids is 5. The molecule has 2 rings (SSSR count). The molecule has 1 aromatic carbocycles. The van der Waals surface area contributed by atoms with Gasteiger partial charge in [0, 0.05) is 18.2 Å². The second-order valence-electron chi connectivity index (χ2n) is 8.81. The molecule has 0 radical (unpaired) electrons. The molecule has 0 spiro atoms. The molecule has 0 saturated carbocycles. The fourth-order valence-corrected chi connectivity index (χ4v) is 4.48. The van der Waals surface area contributed by atoms with Gasteiger partial charge in [-0.1, -0.05) is 0 Å². The summed E-state index contributed by atoms with van der Waals surface area (Å²) in [5, 5.41) is 19.6. The Bertz CT molecular complexity index is 1180.